The van der Waals surface area contributed by atoms with E-state index in [-0.39, 0.29) is 5.56 Å². The Kier molecular flexibility index (Phi) is 5.84. The molecule has 0 atom stereocenters. The van der Waals surface area contributed by atoms with Gasteiger partial charge in [0.2, 0.25) is 0 Å². The van der Waals surface area contributed by atoms with Crippen LogP contribution in [-0.2, 0) is 13.6 Å². The van der Waals surface area contributed by atoms with E-state index in [4.69, 9.17) is 4.74 Å². The van der Waals surface area contributed by atoms with E-state index >= 15 is 0 Å². The minimum Gasteiger partial charge on any atom is -0.494 e. The second-order valence-corrected chi connectivity index (χ2v) is 7.31. The third-order valence-corrected chi connectivity index (χ3v) is 5.01. The Morgan fingerprint density at radius 2 is 2.00 bits per heavy atom. The van der Waals surface area contributed by atoms with E-state index in [0.717, 1.165) is 39.4 Å². The molecule has 0 unspecified atom stereocenters. The number of anilines is 1. The Morgan fingerprint density at radius 3 is 2.68 bits per heavy atom. The van der Waals surface area contributed by atoms with E-state index in [1.165, 1.54) is 0 Å². The SMILES string of the molecule is CCOc1ccc(-n2cc(-c3cnn(C)c3)c(NCc3cccnc3)cc2=O)c(C)c1. The number of nitrogens with one attached hydrogen (secondary N) is 1. The van der Waals surface area contributed by atoms with Crippen LogP contribution in [0.25, 0.3) is 16.8 Å². The predicted molar refractivity (Wildman–Crippen MR) is 122 cm³/mol. The van der Waals surface area contributed by atoms with Crippen LogP contribution in [0.2, 0.25) is 0 Å². The molecule has 0 bridgehead atoms. The Morgan fingerprint density at radius 1 is 1.13 bits per heavy atom. The molecule has 0 radical (unpaired) electrons. The normalized spacial score (nSPS) is 10.8. The lowest BCUT2D eigenvalue weighted by atomic mass is 10.1. The molecule has 3 heterocycles. The van der Waals surface area contributed by atoms with Gasteiger partial charge in [0.05, 0.1) is 18.5 Å². The van der Waals surface area contributed by atoms with Crippen LogP contribution in [0.15, 0.2) is 72.2 Å². The maximum absolute atomic E-state index is 13.1. The molecule has 4 aromatic rings. The number of pyridine rings is 2. The number of aromatic nitrogens is 4. The molecule has 0 aliphatic carbocycles. The van der Waals surface area contributed by atoms with Gasteiger partial charge in [-0.3, -0.25) is 19.0 Å². The van der Waals surface area contributed by atoms with Crippen LogP contribution < -0.4 is 15.6 Å². The van der Waals surface area contributed by atoms with Crippen LogP contribution in [0.4, 0.5) is 5.69 Å². The van der Waals surface area contributed by atoms with Gasteiger partial charge in [0.25, 0.3) is 5.56 Å². The number of nitrogens with zero attached hydrogens (tertiary/aromatic N) is 4. The first-order valence-corrected chi connectivity index (χ1v) is 10.2. The summed E-state index contributed by atoms with van der Waals surface area (Å²) >= 11 is 0. The van der Waals surface area contributed by atoms with Gasteiger partial charge >= 0.3 is 0 Å². The van der Waals surface area contributed by atoms with Gasteiger partial charge in [-0.05, 0) is 49.2 Å². The summed E-state index contributed by atoms with van der Waals surface area (Å²) in [4.78, 5) is 17.2. The van der Waals surface area contributed by atoms with Gasteiger partial charge in [-0.15, -0.1) is 0 Å². The summed E-state index contributed by atoms with van der Waals surface area (Å²) in [5, 5.41) is 7.69. The second kappa shape index (κ2) is 8.87. The third-order valence-electron chi connectivity index (χ3n) is 5.01. The summed E-state index contributed by atoms with van der Waals surface area (Å²) in [5.41, 5.74) is 5.26. The molecule has 0 fully saturated rings. The van der Waals surface area contributed by atoms with E-state index < -0.39 is 0 Å². The molecule has 0 saturated heterocycles. The van der Waals surface area contributed by atoms with Crippen LogP contribution in [0.1, 0.15) is 18.1 Å². The second-order valence-electron chi connectivity index (χ2n) is 7.31. The first kappa shape index (κ1) is 20.4. The van der Waals surface area contributed by atoms with Crippen molar-refractivity contribution in [2.45, 2.75) is 20.4 Å². The maximum Gasteiger partial charge on any atom is 0.257 e. The minimum atomic E-state index is -0.117. The van der Waals surface area contributed by atoms with Gasteiger partial charge in [-0.2, -0.15) is 5.10 Å². The van der Waals surface area contributed by atoms with Gasteiger partial charge in [-0.25, -0.2) is 0 Å². The summed E-state index contributed by atoms with van der Waals surface area (Å²) < 4.78 is 9.00. The zero-order valence-electron chi connectivity index (χ0n) is 17.9. The fourth-order valence-electron chi connectivity index (χ4n) is 3.51. The first-order chi connectivity index (χ1) is 15.0. The molecule has 7 heteroatoms. The molecule has 0 saturated carbocycles. The fraction of sp³-hybridized carbons (Fsp3) is 0.208. The Bertz CT molecular complexity index is 1240. The van der Waals surface area contributed by atoms with E-state index in [1.807, 2.05) is 63.6 Å². The molecular weight excluding hydrogens is 390 g/mol. The lowest BCUT2D eigenvalue weighted by Crippen LogP contribution is -2.19. The molecule has 1 N–H and O–H groups in total. The van der Waals surface area contributed by atoms with Crippen molar-refractivity contribution >= 4 is 5.69 Å². The molecule has 0 aliphatic heterocycles. The monoisotopic (exact) mass is 415 g/mol. The Hall–Kier alpha value is -3.87. The molecular formula is C24H25N5O2. The average molecular weight is 415 g/mol. The smallest absolute Gasteiger partial charge is 0.257 e. The first-order valence-electron chi connectivity index (χ1n) is 10.2. The van der Waals surface area contributed by atoms with Crippen molar-refractivity contribution in [3.63, 3.8) is 0 Å². The molecule has 0 spiro atoms. The van der Waals surface area contributed by atoms with E-state index in [9.17, 15) is 4.79 Å². The van der Waals surface area contributed by atoms with Crippen LogP contribution in [0.3, 0.4) is 0 Å². The van der Waals surface area contributed by atoms with E-state index in [0.29, 0.717) is 13.2 Å². The number of rotatable bonds is 7. The van der Waals surface area contributed by atoms with Crippen molar-refractivity contribution in [3.8, 4) is 22.6 Å². The Balaban J connectivity index is 1.77. The van der Waals surface area contributed by atoms with Crippen LogP contribution in [0.5, 0.6) is 5.75 Å². The summed E-state index contributed by atoms with van der Waals surface area (Å²) in [5.74, 6) is 0.791. The third kappa shape index (κ3) is 4.50. The van der Waals surface area contributed by atoms with Gasteiger partial charge < -0.3 is 10.1 Å². The molecule has 3 aromatic heterocycles. The largest absolute Gasteiger partial charge is 0.494 e. The van der Waals surface area contributed by atoms with Crippen molar-refractivity contribution in [1.29, 1.82) is 0 Å². The van der Waals surface area contributed by atoms with E-state index in [2.05, 4.69) is 15.4 Å². The molecule has 0 aliphatic rings. The van der Waals surface area contributed by atoms with Crippen molar-refractivity contribution in [2.24, 2.45) is 7.05 Å². The molecule has 0 amide bonds. The van der Waals surface area contributed by atoms with Gasteiger partial charge in [0.1, 0.15) is 5.75 Å². The van der Waals surface area contributed by atoms with Crippen LogP contribution in [-0.4, -0.2) is 25.9 Å². The highest BCUT2D eigenvalue weighted by molar-refractivity contribution is 5.76. The Labute approximate surface area is 181 Å². The highest BCUT2D eigenvalue weighted by atomic mass is 16.5. The van der Waals surface area contributed by atoms with Crippen molar-refractivity contribution in [2.75, 3.05) is 11.9 Å². The number of hydrogen-bond acceptors (Lipinski definition) is 5. The number of ether oxygens (including phenoxy) is 1. The van der Waals surface area contributed by atoms with Crippen molar-refractivity contribution < 1.29 is 4.74 Å². The quantitative estimate of drug-likeness (QED) is 0.495. The van der Waals surface area contributed by atoms with Crippen molar-refractivity contribution in [1.82, 2.24) is 19.3 Å². The lowest BCUT2D eigenvalue weighted by molar-refractivity contribution is 0.340. The molecule has 31 heavy (non-hydrogen) atoms. The lowest BCUT2D eigenvalue weighted by Gasteiger charge is -2.16. The highest BCUT2D eigenvalue weighted by Gasteiger charge is 2.13. The molecule has 7 nitrogen and oxygen atoms in total. The molecule has 1 aromatic carbocycles. The summed E-state index contributed by atoms with van der Waals surface area (Å²) in [6.07, 6.45) is 9.15. The summed E-state index contributed by atoms with van der Waals surface area (Å²) in [6, 6.07) is 11.3. The minimum absolute atomic E-state index is 0.117. The van der Waals surface area contributed by atoms with Gasteiger partial charge in [0.15, 0.2) is 0 Å². The van der Waals surface area contributed by atoms with Crippen molar-refractivity contribution in [3.05, 3.63) is 88.9 Å². The summed E-state index contributed by atoms with van der Waals surface area (Å²) in [6.45, 7) is 5.08. The van der Waals surface area contributed by atoms with Crippen LogP contribution in [0, 0.1) is 6.92 Å². The maximum atomic E-state index is 13.1. The highest BCUT2D eigenvalue weighted by Crippen LogP contribution is 2.28. The fourth-order valence-corrected chi connectivity index (χ4v) is 3.51. The number of aryl methyl sites for hydroxylation is 2. The van der Waals surface area contributed by atoms with Gasteiger partial charge in [0, 0.05) is 61.3 Å². The van der Waals surface area contributed by atoms with Gasteiger partial charge in [-0.1, -0.05) is 6.07 Å². The number of hydrogen-bond donors (Lipinski definition) is 1. The topological polar surface area (TPSA) is 74.0 Å². The van der Waals surface area contributed by atoms with E-state index in [1.54, 1.807) is 33.9 Å². The predicted octanol–water partition coefficient (Wildman–Crippen LogP) is 3.95. The summed E-state index contributed by atoms with van der Waals surface area (Å²) in [7, 11) is 1.87. The molecule has 158 valence electrons. The zero-order chi connectivity index (χ0) is 21.8. The standard InChI is InChI=1S/C24H25N5O2/c1-4-31-20-7-8-23(17(2)10-20)29-16-21(19-14-27-28(3)15-19)22(11-24(29)30)26-13-18-6-5-9-25-12-18/h5-12,14-16,26H,4,13H2,1-3H3. The molecule has 4 rings (SSSR count). The van der Waals surface area contributed by atoms with Crippen LogP contribution >= 0.6 is 0 Å². The number of benzene rings is 1. The zero-order valence-corrected chi connectivity index (χ0v) is 17.9. The average Bonchev–Trinajstić information content (AvgIpc) is 3.20.